The lowest BCUT2D eigenvalue weighted by Crippen LogP contribution is -2.44. The van der Waals surface area contributed by atoms with Gasteiger partial charge in [-0.05, 0) is 43.4 Å². The minimum Gasteiger partial charge on any atom is -0.331 e. The van der Waals surface area contributed by atoms with Crippen molar-refractivity contribution in [2.45, 2.75) is 11.8 Å². The highest BCUT2D eigenvalue weighted by Crippen LogP contribution is 2.27. The van der Waals surface area contributed by atoms with Crippen LogP contribution < -0.4 is 16.2 Å². The summed E-state index contributed by atoms with van der Waals surface area (Å²) in [4.78, 5) is 17.6. The maximum absolute atomic E-state index is 12.1. The number of aryl methyl sites for hydroxylation is 1. The second-order valence-corrected chi connectivity index (χ2v) is 6.99. The molecule has 0 bridgehead atoms. The van der Waals surface area contributed by atoms with Gasteiger partial charge in [0, 0.05) is 21.7 Å². The Balaban J connectivity index is 1.52. The van der Waals surface area contributed by atoms with Crippen molar-refractivity contribution in [3.8, 4) is 0 Å². The minimum absolute atomic E-state index is 0.161. The van der Waals surface area contributed by atoms with Crippen LogP contribution in [0.1, 0.15) is 5.69 Å². The molecule has 0 atom stereocenters. The topological polar surface area (TPSA) is 66.1 Å². The Labute approximate surface area is 161 Å². The van der Waals surface area contributed by atoms with Gasteiger partial charge in [-0.25, -0.2) is 0 Å². The molecule has 0 fully saturated rings. The van der Waals surface area contributed by atoms with Crippen molar-refractivity contribution in [3.05, 3.63) is 66.4 Å². The van der Waals surface area contributed by atoms with E-state index < -0.39 is 0 Å². The Morgan fingerprint density at radius 1 is 1.08 bits per heavy atom. The second kappa shape index (κ2) is 8.64. The zero-order chi connectivity index (χ0) is 18.4. The Hall–Kier alpha value is -2.64. The molecule has 0 radical (unpaired) electrons. The molecule has 3 aromatic rings. The maximum Gasteiger partial charge on any atom is 0.248 e. The number of pyridine rings is 1. The fraction of sp³-hybridized carbons (Fsp3) is 0.105. The third kappa shape index (κ3) is 4.93. The molecule has 1 heterocycles. The van der Waals surface area contributed by atoms with E-state index in [2.05, 4.69) is 21.2 Å². The van der Waals surface area contributed by atoms with Crippen molar-refractivity contribution in [1.82, 2.24) is 15.8 Å². The number of hydrogen-bond acceptors (Lipinski definition) is 4. The van der Waals surface area contributed by atoms with Crippen LogP contribution in [0.5, 0.6) is 0 Å². The number of para-hydroxylation sites is 2. The van der Waals surface area contributed by atoms with E-state index in [0.717, 1.165) is 27.2 Å². The second-order valence-electron chi connectivity index (χ2n) is 5.56. The van der Waals surface area contributed by atoms with Crippen molar-refractivity contribution in [1.29, 1.82) is 0 Å². The first-order chi connectivity index (χ1) is 12.6. The van der Waals surface area contributed by atoms with Crippen molar-refractivity contribution >= 4 is 51.6 Å². The molecule has 0 aliphatic rings. The number of aromatic nitrogens is 1. The zero-order valence-corrected chi connectivity index (χ0v) is 15.8. The van der Waals surface area contributed by atoms with E-state index in [9.17, 15) is 4.79 Å². The molecule has 1 amide bonds. The molecule has 0 unspecified atom stereocenters. The van der Waals surface area contributed by atoms with Gasteiger partial charge in [-0.2, -0.15) is 0 Å². The van der Waals surface area contributed by atoms with Gasteiger partial charge in [0.25, 0.3) is 0 Å². The lowest BCUT2D eigenvalue weighted by molar-refractivity contribution is -0.119. The summed E-state index contributed by atoms with van der Waals surface area (Å²) in [6, 6.07) is 19.4. The number of nitrogens with zero attached hydrogens (tertiary/aromatic N) is 1. The van der Waals surface area contributed by atoms with Gasteiger partial charge < -0.3 is 5.32 Å². The molecule has 2 aromatic carbocycles. The number of carbonyl (C=O) groups is 1. The first kappa shape index (κ1) is 18.2. The van der Waals surface area contributed by atoms with Crippen LogP contribution >= 0.6 is 24.0 Å². The first-order valence-electron chi connectivity index (χ1n) is 8.02. The van der Waals surface area contributed by atoms with Crippen LogP contribution in [0, 0.1) is 6.92 Å². The Morgan fingerprint density at radius 3 is 2.62 bits per heavy atom. The van der Waals surface area contributed by atoms with E-state index in [1.54, 1.807) is 0 Å². The number of hydrazine groups is 1. The number of nitrogens with one attached hydrogen (secondary N) is 3. The SMILES string of the molecule is Cc1cc(SCC(=O)NNC(=S)Nc2ccccc2)c2ccccc2n1. The number of thioether (sulfide) groups is 1. The lowest BCUT2D eigenvalue weighted by Gasteiger charge is -2.12. The predicted octanol–water partition coefficient (Wildman–Crippen LogP) is 3.65. The van der Waals surface area contributed by atoms with Crippen LogP contribution in [0.2, 0.25) is 0 Å². The highest BCUT2D eigenvalue weighted by atomic mass is 32.2. The van der Waals surface area contributed by atoms with E-state index in [4.69, 9.17) is 12.2 Å². The molecule has 0 aliphatic carbocycles. The highest BCUT2D eigenvalue weighted by Gasteiger charge is 2.08. The van der Waals surface area contributed by atoms with E-state index in [-0.39, 0.29) is 11.7 Å². The van der Waals surface area contributed by atoms with E-state index in [1.807, 2.05) is 67.6 Å². The lowest BCUT2D eigenvalue weighted by atomic mass is 10.2. The van der Waals surface area contributed by atoms with Crippen molar-refractivity contribution < 1.29 is 4.79 Å². The first-order valence-corrected chi connectivity index (χ1v) is 9.41. The smallest absolute Gasteiger partial charge is 0.248 e. The fourth-order valence-electron chi connectivity index (χ4n) is 2.38. The molecular weight excluding hydrogens is 364 g/mol. The predicted molar refractivity (Wildman–Crippen MR) is 111 cm³/mol. The number of benzene rings is 2. The summed E-state index contributed by atoms with van der Waals surface area (Å²) in [5.41, 5.74) is 8.03. The molecular formula is C19H18N4OS2. The molecule has 5 nitrogen and oxygen atoms in total. The summed E-state index contributed by atoms with van der Waals surface area (Å²) >= 11 is 6.63. The van der Waals surface area contributed by atoms with Gasteiger partial charge in [-0.3, -0.25) is 20.6 Å². The van der Waals surface area contributed by atoms with Gasteiger partial charge in [0.15, 0.2) is 5.11 Å². The highest BCUT2D eigenvalue weighted by molar-refractivity contribution is 8.00. The van der Waals surface area contributed by atoms with Crippen molar-refractivity contribution in [2.75, 3.05) is 11.1 Å². The van der Waals surface area contributed by atoms with E-state index in [1.165, 1.54) is 11.8 Å². The average molecular weight is 383 g/mol. The third-order valence-corrected chi connectivity index (χ3v) is 4.77. The number of rotatable bonds is 4. The zero-order valence-electron chi connectivity index (χ0n) is 14.2. The maximum atomic E-state index is 12.1. The molecule has 7 heteroatoms. The van der Waals surface area contributed by atoms with Crippen LogP contribution in [0.15, 0.2) is 65.6 Å². The number of hydrogen-bond donors (Lipinski definition) is 3. The van der Waals surface area contributed by atoms with Crippen molar-refractivity contribution in [2.24, 2.45) is 0 Å². The average Bonchev–Trinajstić information content (AvgIpc) is 2.65. The molecule has 26 heavy (non-hydrogen) atoms. The normalized spacial score (nSPS) is 10.3. The van der Waals surface area contributed by atoms with E-state index >= 15 is 0 Å². The summed E-state index contributed by atoms with van der Waals surface area (Å²) in [7, 11) is 0. The summed E-state index contributed by atoms with van der Waals surface area (Å²) in [6.07, 6.45) is 0. The Kier molecular flexibility index (Phi) is 6.04. The van der Waals surface area contributed by atoms with E-state index in [0.29, 0.717) is 5.11 Å². The third-order valence-electron chi connectivity index (χ3n) is 3.51. The molecule has 3 rings (SSSR count). The summed E-state index contributed by atoms with van der Waals surface area (Å²) < 4.78 is 0. The Bertz CT molecular complexity index is 931. The summed E-state index contributed by atoms with van der Waals surface area (Å²) in [6.45, 7) is 1.95. The molecule has 0 saturated carbocycles. The standard InChI is InChI=1S/C19H18N4OS2/c1-13-11-17(15-9-5-6-10-16(15)20-13)26-12-18(24)22-23-19(25)21-14-7-3-2-4-8-14/h2-11H,12H2,1H3,(H,22,24)(H2,21,23,25). The van der Waals surface area contributed by atoms with Gasteiger partial charge in [-0.1, -0.05) is 36.4 Å². The summed E-state index contributed by atoms with van der Waals surface area (Å²) in [5.74, 6) is 0.111. The van der Waals surface area contributed by atoms with Crippen LogP contribution in [0.25, 0.3) is 10.9 Å². The number of thiocarbonyl (C=S) groups is 1. The van der Waals surface area contributed by atoms with Crippen LogP contribution in [-0.4, -0.2) is 21.8 Å². The quantitative estimate of drug-likeness (QED) is 0.364. The molecule has 3 N–H and O–H groups in total. The molecule has 0 spiro atoms. The van der Waals surface area contributed by atoms with Crippen molar-refractivity contribution in [3.63, 3.8) is 0 Å². The number of fused-ring (bicyclic) bond motifs is 1. The van der Waals surface area contributed by atoms with Gasteiger partial charge >= 0.3 is 0 Å². The number of amides is 1. The number of carbonyl (C=O) groups excluding carboxylic acids is 1. The molecule has 1 aromatic heterocycles. The van der Waals surface area contributed by atoms with Crippen LogP contribution in [-0.2, 0) is 4.79 Å². The Morgan fingerprint density at radius 2 is 1.81 bits per heavy atom. The van der Waals surface area contributed by atoms with Gasteiger partial charge in [0.05, 0.1) is 11.3 Å². The van der Waals surface area contributed by atoms with Gasteiger partial charge in [0.2, 0.25) is 5.91 Å². The van der Waals surface area contributed by atoms with Gasteiger partial charge in [-0.15, -0.1) is 11.8 Å². The molecule has 0 saturated heterocycles. The molecule has 132 valence electrons. The summed E-state index contributed by atoms with van der Waals surface area (Å²) in [5, 5.41) is 4.37. The number of anilines is 1. The minimum atomic E-state index is -0.161. The fourth-order valence-corrected chi connectivity index (χ4v) is 3.49. The monoisotopic (exact) mass is 382 g/mol. The molecule has 0 aliphatic heterocycles. The van der Waals surface area contributed by atoms with Gasteiger partial charge in [0.1, 0.15) is 0 Å². The van der Waals surface area contributed by atoms with Crippen LogP contribution in [0.3, 0.4) is 0 Å². The largest absolute Gasteiger partial charge is 0.331 e. The van der Waals surface area contributed by atoms with Crippen LogP contribution in [0.4, 0.5) is 5.69 Å².